The molecule has 0 amide bonds. The van der Waals surface area contributed by atoms with Gasteiger partial charge in [-0.05, 0) is 12.1 Å². The lowest BCUT2D eigenvalue weighted by Crippen LogP contribution is -2.53. The first kappa shape index (κ1) is 15.5. The monoisotopic (exact) mass is 324 g/mol. The van der Waals surface area contributed by atoms with Crippen LogP contribution in [0.1, 0.15) is 29.6 Å². The molecule has 0 unspecified atom stereocenters. The molecule has 120 valence electrons. The number of benzene rings is 1. The summed E-state index contributed by atoms with van der Waals surface area (Å²) in [6.45, 7) is 0.742. The van der Waals surface area contributed by atoms with Crippen LogP contribution in [0.2, 0.25) is 0 Å². The highest BCUT2D eigenvalue weighted by Gasteiger charge is 2.44. The van der Waals surface area contributed by atoms with Crippen molar-refractivity contribution in [2.75, 3.05) is 27.2 Å². The Morgan fingerprint density at radius 3 is 2.45 bits per heavy atom. The molecule has 0 bridgehead atoms. The van der Waals surface area contributed by atoms with E-state index in [-0.39, 0.29) is 5.78 Å². The van der Waals surface area contributed by atoms with Gasteiger partial charge in [-0.2, -0.15) is 17.0 Å². The number of ether oxygens (including phenoxy) is 1. The number of hydrogen-bond acceptors (Lipinski definition) is 4. The minimum atomic E-state index is -3.40. The van der Waals surface area contributed by atoms with E-state index >= 15 is 0 Å². The van der Waals surface area contributed by atoms with Crippen molar-refractivity contribution in [3.63, 3.8) is 0 Å². The van der Waals surface area contributed by atoms with E-state index in [1.807, 2.05) is 12.1 Å². The Labute approximate surface area is 130 Å². The van der Waals surface area contributed by atoms with Crippen LogP contribution in [0.5, 0.6) is 5.75 Å². The average molecular weight is 324 g/mol. The van der Waals surface area contributed by atoms with Crippen LogP contribution in [0.25, 0.3) is 0 Å². The minimum Gasteiger partial charge on any atom is -0.486 e. The van der Waals surface area contributed by atoms with Crippen molar-refractivity contribution in [1.29, 1.82) is 0 Å². The van der Waals surface area contributed by atoms with Crippen LogP contribution in [-0.4, -0.2) is 55.6 Å². The van der Waals surface area contributed by atoms with Crippen LogP contribution >= 0.6 is 0 Å². The number of para-hydroxylation sites is 1. The lowest BCUT2D eigenvalue weighted by molar-refractivity contribution is 0.00528. The third-order valence-corrected chi connectivity index (χ3v) is 6.36. The average Bonchev–Trinajstić information content (AvgIpc) is 2.47. The van der Waals surface area contributed by atoms with Crippen molar-refractivity contribution in [3.8, 4) is 5.75 Å². The molecule has 7 heteroatoms. The number of hydrogen-bond donors (Lipinski definition) is 0. The lowest BCUT2D eigenvalue weighted by Gasteiger charge is -2.43. The molecule has 1 aromatic rings. The first-order valence-electron chi connectivity index (χ1n) is 7.33. The van der Waals surface area contributed by atoms with Gasteiger partial charge in [-0.3, -0.25) is 4.79 Å². The highest BCUT2D eigenvalue weighted by atomic mass is 32.2. The fourth-order valence-corrected chi connectivity index (χ4v) is 4.18. The predicted molar refractivity (Wildman–Crippen MR) is 82.2 cm³/mol. The molecule has 22 heavy (non-hydrogen) atoms. The quantitative estimate of drug-likeness (QED) is 0.822. The molecule has 2 heterocycles. The van der Waals surface area contributed by atoms with E-state index < -0.39 is 15.8 Å². The van der Waals surface area contributed by atoms with Crippen molar-refractivity contribution >= 4 is 16.0 Å². The summed E-state index contributed by atoms with van der Waals surface area (Å²) >= 11 is 0. The molecule has 0 atom stereocenters. The predicted octanol–water partition coefficient (Wildman–Crippen LogP) is 1.29. The molecular weight excluding hydrogens is 304 g/mol. The maximum absolute atomic E-state index is 12.3. The number of rotatable bonds is 2. The highest BCUT2D eigenvalue weighted by Crippen LogP contribution is 2.39. The van der Waals surface area contributed by atoms with Gasteiger partial charge in [0.1, 0.15) is 11.4 Å². The molecule has 3 rings (SSSR count). The fourth-order valence-electron chi connectivity index (χ4n) is 3.08. The molecule has 1 spiro atoms. The molecule has 0 aromatic heterocycles. The van der Waals surface area contributed by atoms with Crippen LogP contribution in [0.15, 0.2) is 24.3 Å². The second kappa shape index (κ2) is 5.33. The van der Waals surface area contributed by atoms with Crippen LogP contribution < -0.4 is 4.74 Å². The van der Waals surface area contributed by atoms with Crippen LogP contribution in [0, 0.1) is 0 Å². The zero-order chi connectivity index (χ0) is 16.0. The summed E-state index contributed by atoms with van der Waals surface area (Å²) in [6.07, 6.45) is 1.38. The first-order chi connectivity index (χ1) is 10.3. The second-order valence-electron chi connectivity index (χ2n) is 6.07. The zero-order valence-electron chi connectivity index (χ0n) is 12.8. The van der Waals surface area contributed by atoms with E-state index in [4.69, 9.17) is 4.74 Å². The molecule has 1 saturated heterocycles. The minimum absolute atomic E-state index is 0.0748. The number of Topliss-reactive ketones (excluding diaryl/α,β-unsaturated/α-hetero) is 1. The van der Waals surface area contributed by atoms with Gasteiger partial charge in [0, 0.05) is 40.0 Å². The molecule has 0 aliphatic carbocycles. The molecule has 0 saturated carbocycles. The SMILES string of the molecule is CN(C)S(=O)(=O)N1CCC2(CC1)CC(=O)c1ccccc1O2. The fraction of sp³-hybridized carbons (Fsp3) is 0.533. The van der Waals surface area contributed by atoms with Gasteiger partial charge < -0.3 is 4.74 Å². The first-order valence-corrected chi connectivity index (χ1v) is 8.73. The number of ketones is 1. The van der Waals surface area contributed by atoms with E-state index in [2.05, 4.69) is 0 Å². The van der Waals surface area contributed by atoms with E-state index in [1.165, 1.54) is 22.7 Å². The molecule has 6 nitrogen and oxygen atoms in total. The van der Waals surface area contributed by atoms with Crippen LogP contribution in [-0.2, 0) is 10.2 Å². The van der Waals surface area contributed by atoms with Crippen molar-refractivity contribution in [1.82, 2.24) is 8.61 Å². The number of carbonyl (C=O) groups excluding carboxylic acids is 1. The number of piperidine rings is 1. The molecule has 1 aromatic carbocycles. The summed E-state index contributed by atoms with van der Waals surface area (Å²) in [5.74, 6) is 0.688. The van der Waals surface area contributed by atoms with Gasteiger partial charge in [0.15, 0.2) is 5.78 Å². The lowest BCUT2D eigenvalue weighted by atomic mass is 9.83. The maximum atomic E-state index is 12.3. The summed E-state index contributed by atoms with van der Waals surface area (Å²) in [7, 11) is -0.354. The van der Waals surface area contributed by atoms with Gasteiger partial charge in [-0.1, -0.05) is 12.1 Å². The third kappa shape index (κ3) is 2.53. The molecule has 2 aliphatic heterocycles. The van der Waals surface area contributed by atoms with E-state index in [9.17, 15) is 13.2 Å². The summed E-state index contributed by atoms with van der Waals surface area (Å²) in [4.78, 5) is 12.3. The Hall–Kier alpha value is -1.44. The van der Waals surface area contributed by atoms with Gasteiger partial charge in [0.2, 0.25) is 0 Å². The molecule has 1 fully saturated rings. The van der Waals surface area contributed by atoms with Gasteiger partial charge in [0.05, 0.1) is 12.0 Å². The van der Waals surface area contributed by atoms with Crippen molar-refractivity contribution in [2.24, 2.45) is 0 Å². The van der Waals surface area contributed by atoms with Gasteiger partial charge in [-0.15, -0.1) is 0 Å². The van der Waals surface area contributed by atoms with Gasteiger partial charge in [0.25, 0.3) is 10.2 Å². The summed E-state index contributed by atoms with van der Waals surface area (Å²) in [5.41, 5.74) is 0.0560. The summed E-state index contributed by atoms with van der Waals surface area (Å²) in [6, 6.07) is 7.24. The number of fused-ring (bicyclic) bond motifs is 1. The Bertz CT molecular complexity index is 691. The molecule has 2 aliphatic rings. The Morgan fingerprint density at radius 1 is 1.18 bits per heavy atom. The maximum Gasteiger partial charge on any atom is 0.281 e. The zero-order valence-corrected chi connectivity index (χ0v) is 13.6. The molecule has 0 N–H and O–H groups in total. The van der Waals surface area contributed by atoms with Crippen molar-refractivity contribution in [2.45, 2.75) is 24.9 Å². The van der Waals surface area contributed by atoms with E-state index in [1.54, 1.807) is 12.1 Å². The van der Waals surface area contributed by atoms with Crippen LogP contribution in [0.4, 0.5) is 0 Å². The van der Waals surface area contributed by atoms with Crippen LogP contribution in [0.3, 0.4) is 0 Å². The molecule has 0 radical (unpaired) electrons. The molecular formula is C15H20N2O4S. The van der Waals surface area contributed by atoms with E-state index in [0.29, 0.717) is 43.7 Å². The topological polar surface area (TPSA) is 66.9 Å². The van der Waals surface area contributed by atoms with E-state index in [0.717, 1.165) is 0 Å². The Morgan fingerprint density at radius 2 is 1.82 bits per heavy atom. The van der Waals surface area contributed by atoms with Gasteiger partial charge in [-0.25, -0.2) is 0 Å². The standard InChI is InChI=1S/C15H20N2O4S/c1-16(2)22(19,20)17-9-7-15(8-10-17)11-13(18)12-5-3-4-6-14(12)21-15/h3-6H,7-11H2,1-2H3. The number of carbonyl (C=O) groups is 1. The smallest absolute Gasteiger partial charge is 0.281 e. The normalized spacial score (nSPS) is 21.7. The second-order valence-corrected chi connectivity index (χ2v) is 8.21. The Balaban J connectivity index is 1.78. The van der Waals surface area contributed by atoms with Gasteiger partial charge >= 0.3 is 0 Å². The summed E-state index contributed by atoms with van der Waals surface area (Å²) in [5, 5.41) is 0. The third-order valence-electron chi connectivity index (χ3n) is 4.42. The van der Waals surface area contributed by atoms with Crippen molar-refractivity contribution in [3.05, 3.63) is 29.8 Å². The largest absolute Gasteiger partial charge is 0.486 e. The van der Waals surface area contributed by atoms with Crippen molar-refractivity contribution < 1.29 is 17.9 Å². The number of nitrogens with zero attached hydrogens (tertiary/aromatic N) is 2. The Kier molecular flexibility index (Phi) is 3.74. The highest BCUT2D eigenvalue weighted by molar-refractivity contribution is 7.86. The summed E-state index contributed by atoms with van der Waals surface area (Å²) < 4.78 is 33.1.